The van der Waals surface area contributed by atoms with Crippen molar-refractivity contribution >= 4 is 11.8 Å². The first-order valence-corrected chi connectivity index (χ1v) is 9.58. The predicted octanol–water partition coefficient (Wildman–Crippen LogP) is 2.08. The summed E-state index contributed by atoms with van der Waals surface area (Å²) < 4.78 is 5.24. The molecule has 6 heteroatoms. The lowest BCUT2D eigenvalue weighted by molar-refractivity contribution is -0.124. The molecule has 0 bridgehead atoms. The number of rotatable bonds is 5. The summed E-state index contributed by atoms with van der Waals surface area (Å²) in [5.74, 6) is 0.746. The number of ether oxygens (including phenoxy) is 1. The summed E-state index contributed by atoms with van der Waals surface area (Å²) in [4.78, 5) is 25.2. The average Bonchev–Trinajstić information content (AvgIpc) is 2.65. The van der Waals surface area contributed by atoms with E-state index in [0.29, 0.717) is 5.57 Å². The van der Waals surface area contributed by atoms with E-state index < -0.39 is 0 Å². The third kappa shape index (κ3) is 4.16. The van der Waals surface area contributed by atoms with Crippen LogP contribution >= 0.6 is 0 Å². The molecule has 0 spiro atoms. The molecule has 27 heavy (non-hydrogen) atoms. The maximum absolute atomic E-state index is 12.6. The molecule has 3 unspecified atom stereocenters. The minimum Gasteiger partial charge on any atom is -0.497 e. The molecule has 2 aliphatic rings. The number of benzene rings is 1. The minimum atomic E-state index is -0.164. The average molecular weight is 371 g/mol. The van der Waals surface area contributed by atoms with Crippen molar-refractivity contribution in [3.63, 3.8) is 0 Å². The van der Waals surface area contributed by atoms with Crippen LogP contribution in [-0.4, -0.2) is 37.6 Å². The molecule has 1 saturated heterocycles. The lowest BCUT2D eigenvalue weighted by Crippen LogP contribution is -2.57. The summed E-state index contributed by atoms with van der Waals surface area (Å²) in [6.45, 7) is 6.97. The number of carbonyl (C=O) groups is 2. The molecule has 0 aliphatic carbocycles. The topological polar surface area (TPSA) is 79.5 Å². The molecule has 0 saturated carbocycles. The second kappa shape index (κ2) is 8.13. The van der Waals surface area contributed by atoms with Gasteiger partial charge in [0.15, 0.2) is 0 Å². The van der Waals surface area contributed by atoms with E-state index >= 15 is 0 Å². The first-order chi connectivity index (χ1) is 12.9. The van der Waals surface area contributed by atoms with E-state index in [1.165, 1.54) is 0 Å². The largest absolute Gasteiger partial charge is 0.497 e. The van der Waals surface area contributed by atoms with Crippen LogP contribution in [0, 0.1) is 5.92 Å². The zero-order chi connectivity index (χ0) is 19.6. The summed E-state index contributed by atoms with van der Waals surface area (Å²) in [5.41, 5.74) is 2.60. The van der Waals surface area contributed by atoms with Gasteiger partial charge in [-0.3, -0.25) is 9.59 Å². The molecule has 0 aromatic heterocycles. The van der Waals surface area contributed by atoms with Gasteiger partial charge >= 0.3 is 0 Å². The Hall–Kier alpha value is -2.34. The van der Waals surface area contributed by atoms with Crippen LogP contribution in [0.1, 0.15) is 45.2 Å². The first kappa shape index (κ1) is 19.4. The van der Waals surface area contributed by atoms with Gasteiger partial charge in [-0.2, -0.15) is 0 Å². The molecule has 1 aromatic carbocycles. The molecule has 2 aliphatic heterocycles. The summed E-state index contributed by atoms with van der Waals surface area (Å²) in [7, 11) is 1.62. The van der Waals surface area contributed by atoms with Crippen molar-refractivity contribution in [2.75, 3.05) is 13.7 Å². The van der Waals surface area contributed by atoms with Gasteiger partial charge in [-0.25, -0.2) is 0 Å². The molecule has 1 aromatic rings. The SMILES string of the molecule is COc1cccc([C@@H](C)NC(=O)CC2=C(C)C3C(C)NCCC3NC2=O)c1. The van der Waals surface area contributed by atoms with Crippen LogP contribution in [0.5, 0.6) is 5.75 Å². The van der Waals surface area contributed by atoms with Crippen molar-refractivity contribution in [2.24, 2.45) is 5.92 Å². The first-order valence-electron chi connectivity index (χ1n) is 9.58. The number of hydrogen-bond acceptors (Lipinski definition) is 4. The van der Waals surface area contributed by atoms with Crippen molar-refractivity contribution in [2.45, 2.75) is 51.7 Å². The smallest absolute Gasteiger partial charge is 0.247 e. The Morgan fingerprint density at radius 1 is 1.41 bits per heavy atom. The summed E-state index contributed by atoms with van der Waals surface area (Å²) in [6, 6.07) is 7.91. The minimum absolute atomic E-state index is 0.0991. The second-order valence-electron chi connectivity index (χ2n) is 7.54. The highest BCUT2D eigenvalue weighted by atomic mass is 16.5. The Bertz CT molecular complexity index is 759. The van der Waals surface area contributed by atoms with Crippen LogP contribution in [0.15, 0.2) is 35.4 Å². The molecule has 6 nitrogen and oxygen atoms in total. The molecular formula is C21H29N3O3. The van der Waals surface area contributed by atoms with Gasteiger partial charge in [-0.1, -0.05) is 17.7 Å². The van der Waals surface area contributed by atoms with E-state index in [1.807, 2.05) is 38.1 Å². The molecule has 4 atom stereocenters. The third-order valence-corrected chi connectivity index (χ3v) is 5.77. The van der Waals surface area contributed by atoms with Crippen molar-refractivity contribution in [1.29, 1.82) is 0 Å². The van der Waals surface area contributed by atoms with Crippen molar-refractivity contribution < 1.29 is 14.3 Å². The van der Waals surface area contributed by atoms with E-state index in [1.54, 1.807) is 7.11 Å². The molecule has 3 N–H and O–H groups in total. The Kier molecular flexibility index (Phi) is 5.85. The van der Waals surface area contributed by atoms with Crippen LogP contribution in [0.25, 0.3) is 0 Å². The van der Waals surface area contributed by atoms with Gasteiger partial charge in [0.2, 0.25) is 11.8 Å². The lowest BCUT2D eigenvalue weighted by Gasteiger charge is -2.42. The van der Waals surface area contributed by atoms with Crippen LogP contribution in [0.2, 0.25) is 0 Å². The summed E-state index contributed by atoms with van der Waals surface area (Å²) >= 11 is 0. The highest BCUT2D eigenvalue weighted by Crippen LogP contribution is 2.32. The third-order valence-electron chi connectivity index (χ3n) is 5.77. The van der Waals surface area contributed by atoms with Gasteiger partial charge in [0.25, 0.3) is 0 Å². The molecule has 2 heterocycles. The standard InChI is InChI=1S/C21H29N3O3/c1-12-17(21(26)24-18-8-9-22-14(3)20(12)18)11-19(25)23-13(2)15-6-5-7-16(10-15)27-4/h5-7,10,13-14,18,20,22H,8-9,11H2,1-4H3,(H,23,25)(H,24,26)/t13-,14?,18?,20?/m1/s1. The van der Waals surface area contributed by atoms with E-state index in [2.05, 4.69) is 22.9 Å². The van der Waals surface area contributed by atoms with Gasteiger partial charge < -0.3 is 20.7 Å². The fourth-order valence-electron chi connectivity index (χ4n) is 4.26. The maximum Gasteiger partial charge on any atom is 0.247 e. The van der Waals surface area contributed by atoms with Crippen LogP contribution in [0.4, 0.5) is 0 Å². The lowest BCUT2D eigenvalue weighted by atomic mass is 9.76. The molecule has 1 fully saturated rings. The van der Waals surface area contributed by atoms with E-state index in [9.17, 15) is 9.59 Å². The summed E-state index contributed by atoms with van der Waals surface area (Å²) in [6.07, 6.45) is 1.02. The van der Waals surface area contributed by atoms with E-state index in [4.69, 9.17) is 4.74 Å². The highest BCUT2D eigenvalue weighted by Gasteiger charge is 2.39. The number of nitrogens with one attached hydrogen (secondary N) is 3. The van der Waals surface area contributed by atoms with Gasteiger partial charge in [-0.05, 0) is 51.4 Å². The Balaban J connectivity index is 1.70. The second-order valence-corrected chi connectivity index (χ2v) is 7.54. The highest BCUT2D eigenvalue weighted by molar-refractivity contribution is 6.00. The van der Waals surface area contributed by atoms with Crippen LogP contribution in [0.3, 0.4) is 0 Å². The van der Waals surface area contributed by atoms with Crippen LogP contribution < -0.4 is 20.7 Å². The fraction of sp³-hybridized carbons (Fsp3) is 0.524. The Morgan fingerprint density at radius 3 is 2.93 bits per heavy atom. The fourth-order valence-corrected chi connectivity index (χ4v) is 4.26. The van der Waals surface area contributed by atoms with Crippen molar-refractivity contribution in [3.8, 4) is 5.75 Å². The van der Waals surface area contributed by atoms with Crippen molar-refractivity contribution in [3.05, 3.63) is 41.0 Å². The monoisotopic (exact) mass is 371 g/mol. The normalized spacial score (nSPS) is 26.1. The number of hydrogen-bond donors (Lipinski definition) is 3. The zero-order valence-electron chi connectivity index (χ0n) is 16.5. The molecular weight excluding hydrogens is 342 g/mol. The number of carbonyl (C=O) groups excluding carboxylic acids is 2. The number of piperidine rings is 1. The van der Waals surface area contributed by atoms with E-state index in [0.717, 1.165) is 29.9 Å². The number of methoxy groups -OCH3 is 1. The molecule has 146 valence electrons. The zero-order valence-corrected chi connectivity index (χ0v) is 16.5. The van der Waals surface area contributed by atoms with Crippen molar-refractivity contribution in [1.82, 2.24) is 16.0 Å². The molecule has 2 amide bonds. The van der Waals surface area contributed by atoms with Gasteiger partial charge in [0.1, 0.15) is 5.75 Å². The van der Waals surface area contributed by atoms with Gasteiger partial charge in [-0.15, -0.1) is 0 Å². The maximum atomic E-state index is 12.6. The number of fused-ring (bicyclic) bond motifs is 1. The number of amides is 2. The Labute approximate surface area is 160 Å². The predicted molar refractivity (Wildman–Crippen MR) is 104 cm³/mol. The van der Waals surface area contributed by atoms with Gasteiger partial charge in [0, 0.05) is 23.6 Å². The van der Waals surface area contributed by atoms with Gasteiger partial charge in [0.05, 0.1) is 19.6 Å². The quantitative estimate of drug-likeness (QED) is 0.740. The van der Waals surface area contributed by atoms with Crippen LogP contribution in [-0.2, 0) is 9.59 Å². The Morgan fingerprint density at radius 2 is 2.19 bits per heavy atom. The molecule has 3 rings (SSSR count). The molecule has 0 radical (unpaired) electrons. The summed E-state index contributed by atoms with van der Waals surface area (Å²) in [5, 5.41) is 9.56. The van der Waals surface area contributed by atoms with E-state index in [-0.39, 0.29) is 42.3 Å².